The molecule has 64 valence electrons. The Morgan fingerprint density at radius 3 is 2.50 bits per heavy atom. The van der Waals surface area contributed by atoms with Crippen LogP contribution in [0.15, 0.2) is 30.3 Å². The van der Waals surface area contributed by atoms with Crippen molar-refractivity contribution < 1.29 is 4.74 Å². The number of rotatable bonds is 2. The maximum absolute atomic E-state index is 5.64. The summed E-state index contributed by atoms with van der Waals surface area (Å²) in [5.41, 5.74) is 1.31. The molecule has 1 saturated heterocycles. The summed E-state index contributed by atoms with van der Waals surface area (Å²) in [7, 11) is 0. The Balaban J connectivity index is 2.23. The summed E-state index contributed by atoms with van der Waals surface area (Å²) in [6.45, 7) is 4.33. The summed E-state index contributed by atoms with van der Waals surface area (Å²) < 4.78 is 5.64. The van der Waals surface area contributed by atoms with Crippen molar-refractivity contribution in [3.63, 3.8) is 0 Å². The summed E-state index contributed by atoms with van der Waals surface area (Å²) in [6.07, 6.45) is 1.53. The predicted octanol–water partition coefficient (Wildman–Crippen LogP) is 2.71. The van der Waals surface area contributed by atoms with Crippen molar-refractivity contribution in [3.8, 4) is 0 Å². The monoisotopic (exact) mass is 162 g/mol. The molecule has 0 N–H and O–H groups in total. The summed E-state index contributed by atoms with van der Waals surface area (Å²) >= 11 is 0. The molecule has 12 heavy (non-hydrogen) atoms. The Bertz CT molecular complexity index is 268. The van der Waals surface area contributed by atoms with Gasteiger partial charge in [-0.15, -0.1) is 0 Å². The van der Waals surface area contributed by atoms with E-state index >= 15 is 0 Å². The molecule has 0 radical (unpaired) electrons. The van der Waals surface area contributed by atoms with E-state index in [2.05, 4.69) is 38.1 Å². The van der Waals surface area contributed by atoms with Crippen molar-refractivity contribution in [1.29, 1.82) is 0 Å². The highest BCUT2D eigenvalue weighted by molar-refractivity contribution is 5.27. The van der Waals surface area contributed by atoms with Gasteiger partial charge in [0.2, 0.25) is 0 Å². The molecule has 0 aliphatic carbocycles. The van der Waals surface area contributed by atoms with Gasteiger partial charge in [-0.05, 0) is 18.9 Å². The van der Waals surface area contributed by atoms with Crippen molar-refractivity contribution in [2.24, 2.45) is 0 Å². The Morgan fingerprint density at radius 2 is 2.00 bits per heavy atom. The maximum atomic E-state index is 5.64. The highest BCUT2D eigenvalue weighted by Gasteiger charge is 2.51. The standard InChI is InChI=1S/C11H14O/c1-3-10-11(2,12-10)9-7-5-4-6-8-9/h4-8,10H,3H2,1-2H3/t10-,11-/m0/s1. The number of hydrogen-bond acceptors (Lipinski definition) is 1. The van der Waals surface area contributed by atoms with Gasteiger partial charge in [0, 0.05) is 0 Å². The van der Waals surface area contributed by atoms with Crippen LogP contribution in [0.5, 0.6) is 0 Å². The Morgan fingerprint density at radius 1 is 1.33 bits per heavy atom. The molecule has 1 aromatic rings. The zero-order chi connectivity index (χ0) is 8.60. The third-order valence-electron chi connectivity index (χ3n) is 2.66. The van der Waals surface area contributed by atoms with Crippen LogP contribution in [0, 0.1) is 0 Å². The van der Waals surface area contributed by atoms with Crippen molar-refractivity contribution in [3.05, 3.63) is 35.9 Å². The number of epoxide rings is 1. The van der Waals surface area contributed by atoms with Crippen molar-refractivity contribution in [2.45, 2.75) is 32.0 Å². The molecule has 2 rings (SSSR count). The smallest absolute Gasteiger partial charge is 0.117 e. The summed E-state index contributed by atoms with van der Waals surface area (Å²) in [6, 6.07) is 10.4. The lowest BCUT2D eigenvalue weighted by Gasteiger charge is -2.04. The summed E-state index contributed by atoms with van der Waals surface area (Å²) in [4.78, 5) is 0. The van der Waals surface area contributed by atoms with Crippen LogP contribution in [-0.2, 0) is 10.3 Å². The first-order valence-electron chi connectivity index (χ1n) is 4.50. The van der Waals surface area contributed by atoms with E-state index in [9.17, 15) is 0 Å². The van der Waals surface area contributed by atoms with E-state index < -0.39 is 0 Å². The zero-order valence-corrected chi connectivity index (χ0v) is 7.58. The Kier molecular flexibility index (Phi) is 1.69. The Labute approximate surface area is 73.4 Å². The summed E-state index contributed by atoms with van der Waals surface area (Å²) in [5.74, 6) is 0. The molecule has 1 aliphatic heterocycles. The maximum Gasteiger partial charge on any atom is 0.117 e. The normalized spacial score (nSPS) is 33.3. The van der Waals surface area contributed by atoms with Gasteiger partial charge in [0.15, 0.2) is 0 Å². The van der Waals surface area contributed by atoms with Gasteiger partial charge in [-0.2, -0.15) is 0 Å². The van der Waals surface area contributed by atoms with Crippen LogP contribution in [-0.4, -0.2) is 6.10 Å². The minimum atomic E-state index is 0.00993. The van der Waals surface area contributed by atoms with Crippen molar-refractivity contribution in [2.75, 3.05) is 0 Å². The van der Waals surface area contributed by atoms with Gasteiger partial charge in [0.25, 0.3) is 0 Å². The highest BCUT2D eigenvalue weighted by Crippen LogP contribution is 2.47. The molecule has 2 atom stereocenters. The molecule has 1 aromatic carbocycles. The average molecular weight is 162 g/mol. The zero-order valence-electron chi connectivity index (χ0n) is 7.58. The molecule has 0 spiro atoms. The van der Waals surface area contributed by atoms with Crippen LogP contribution in [0.2, 0.25) is 0 Å². The summed E-state index contributed by atoms with van der Waals surface area (Å²) in [5, 5.41) is 0. The van der Waals surface area contributed by atoms with Gasteiger partial charge in [0.05, 0.1) is 6.10 Å². The fourth-order valence-corrected chi connectivity index (χ4v) is 1.76. The van der Waals surface area contributed by atoms with E-state index in [-0.39, 0.29) is 5.60 Å². The minimum absolute atomic E-state index is 0.00993. The molecule has 1 heteroatoms. The molecule has 1 aliphatic rings. The van der Waals surface area contributed by atoms with Gasteiger partial charge in [-0.25, -0.2) is 0 Å². The van der Waals surface area contributed by atoms with Crippen LogP contribution in [0.1, 0.15) is 25.8 Å². The topological polar surface area (TPSA) is 12.5 Å². The van der Waals surface area contributed by atoms with Crippen LogP contribution >= 0.6 is 0 Å². The molecule has 1 nitrogen and oxygen atoms in total. The number of ether oxygens (including phenoxy) is 1. The fourth-order valence-electron chi connectivity index (χ4n) is 1.76. The SMILES string of the molecule is CC[C@@H]1O[C@@]1(C)c1ccccc1. The minimum Gasteiger partial charge on any atom is -0.361 e. The lowest BCUT2D eigenvalue weighted by atomic mass is 9.96. The molecule has 1 fully saturated rings. The average Bonchev–Trinajstić information content (AvgIpc) is 2.81. The van der Waals surface area contributed by atoms with E-state index in [1.54, 1.807) is 0 Å². The van der Waals surface area contributed by atoms with Gasteiger partial charge in [-0.1, -0.05) is 37.3 Å². The first kappa shape index (κ1) is 7.81. The predicted molar refractivity (Wildman–Crippen MR) is 49.0 cm³/mol. The molecule has 0 bridgehead atoms. The molecule has 0 amide bonds. The van der Waals surface area contributed by atoms with E-state index in [0.717, 1.165) is 6.42 Å². The lowest BCUT2D eigenvalue weighted by molar-refractivity contribution is 0.311. The quantitative estimate of drug-likeness (QED) is 0.609. The van der Waals surface area contributed by atoms with Gasteiger partial charge in [0.1, 0.15) is 5.60 Å². The van der Waals surface area contributed by atoms with Crippen LogP contribution < -0.4 is 0 Å². The second kappa shape index (κ2) is 2.60. The first-order chi connectivity index (χ1) is 5.77. The van der Waals surface area contributed by atoms with Crippen molar-refractivity contribution >= 4 is 0 Å². The fraction of sp³-hybridized carbons (Fsp3) is 0.455. The van der Waals surface area contributed by atoms with E-state index in [0.29, 0.717) is 6.10 Å². The van der Waals surface area contributed by atoms with Crippen molar-refractivity contribution in [1.82, 2.24) is 0 Å². The van der Waals surface area contributed by atoms with E-state index in [4.69, 9.17) is 4.74 Å². The van der Waals surface area contributed by atoms with E-state index in [1.807, 2.05) is 6.07 Å². The first-order valence-corrected chi connectivity index (χ1v) is 4.50. The third-order valence-corrected chi connectivity index (χ3v) is 2.66. The van der Waals surface area contributed by atoms with Gasteiger partial charge < -0.3 is 4.74 Å². The van der Waals surface area contributed by atoms with E-state index in [1.165, 1.54) is 5.56 Å². The van der Waals surface area contributed by atoms with Gasteiger partial charge in [-0.3, -0.25) is 0 Å². The van der Waals surface area contributed by atoms with Gasteiger partial charge >= 0.3 is 0 Å². The largest absolute Gasteiger partial charge is 0.361 e. The highest BCUT2D eigenvalue weighted by atomic mass is 16.6. The Hall–Kier alpha value is -0.820. The lowest BCUT2D eigenvalue weighted by Crippen LogP contribution is -2.06. The third kappa shape index (κ3) is 1.05. The number of benzene rings is 1. The second-order valence-corrected chi connectivity index (χ2v) is 3.49. The van der Waals surface area contributed by atoms with Crippen LogP contribution in [0.25, 0.3) is 0 Å². The molecule has 0 unspecified atom stereocenters. The molecular formula is C11H14O. The molecule has 0 saturated carbocycles. The molecule has 1 heterocycles. The second-order valence-electron chi connectivity index (χ2n) is 3.49. The van der Waals surface area contributed by atoms with Crippen LogP contribution in [0.3, 0.4) is 0 Å². The number of hydrogen-bond donors (Lipinski definition) is 0. The molecular weight excluding hydrogens is 148 g/mol. The van der Waals surface area contributed by atoms with Crippen LogP contribution in [0.4, 0.5) is 0 Å². The molecule has 0 aromatic heterocycles.